The maximum absolute atomic E-state index is 12.4. The number of aryl methyl sites for hydroxylation is 1. The normalized spacial score (nSPS) is 17.7. The first-order chi connectivity index (χ1) is 10.1. The van der Waals surface area contributed by atoms with Gasteiger partial charge in [0.15, 0.2) is 0 Å². The first-order valence-electron chi connectivity index (χ1n) is 7.56. The molecular weight excluding hydrogens is 334 g/mol. The monoisotopic (exact) mass is 357 g/mol. The van der Waals surface area contributed by atoms with Gasteiger partial charge in [0.25, 0.3) is 5.91 Å². The molecule has 1 saturated heterocycles. The van der Waals surface area contributed by atoms with Crippen LogP contribution in [0.15, 0.2) is 16.7 Å². The number of nitrogens with zero attached hydrogens (tertiary/aromatic N) is 2. The Labute approximate surface area is 134 Å². The lowest BCUT2D eigenvalue weighted by Crippen LogP contribution is -2.46. The van der Waals surface area contributed by atoms with Crippen LogP contribution in [-0.2, 0) is 11.3 Å². The van der Waals surface area contributed by atoms with Crippen LogP contribution < -0.4 is 5.32 Å². The summed E-state index contributed by atoms with van der Waals surface area (Å²) in [6.45, 7) is 9.33. The quantitative estimate of drug-likeness (QED) is 0.847. The predicted molar refractivity (Wildman–Crippen MR) is 86.6 cm³/mol. The van der Waals surface area contributed by atoms with Gasteiger partial charge in [-0.25, -0.2) is 0 Å². The maximum atomic E-state index is 12.4. The molecule has 0 spiro atoms. The third kappa shape index (κ3) is 4.83. The predicted octanol–water partition coefficient (Wildman–Crippen LogP) is 2.11. The zero-order valence-electron chi connectivity index (χ0n) is 12.8. The van der Waals surface area contributed by atoms with E-state index in [1.165, 1.54) is 0 Å². The molecule has 1 amide bonds. The Morgan fingerprint density at radius 1 is 1.48 bits per heavy atom. The van der Waals surface area contributed by atoms with Crippen molar-refractivity contribution in [3.63, 3.8) is 0 Å². The summed E-state index contributed by atoms with van der Waals surface area (Å²) in [5.74, 6) is -0.00471. The molecule has 5 nitrogen and oxygen atoms in total. The smallest absolute Gasteiger partial charge is 0.268 e. The highest BCUT2D eigenvalue weighted by atomic mass is 79.9. The highest BCUT2D eigenvalue weighted by Gasteiger charge is 2.18. The number of aromatic nitrogens is 1. The summed E-state index contributed by atoms with van der Waals surface area (Å²) in [6.07, 6.45) is 2.97. The van der Waals surface area contributed by atoms with Crippen molar-refractivity contribution in [1.29, 1.82) is 0 Å². The van der Waals surface area contributed by atoms with Crippen molar-refractivity contribution in [2.24, 2.45) is 0 Å². The molecule has 1 atom stereocenters. The number of halogens is 1. The molecule has 21 heavy (non-hydrogen) atoms. The molecule has 1 unspecified atom stereocenters. The van der Waals surface area contributed by atoms with Crippen LogP contribution in [-0.4, -0.2) is 54.3 Å². The summed E-state index contributed by atoms with van der Waals surface area (Å²) < 4.78 is 8.29. The molecular formula is C15H24BrN3O2. The zero-order valence-corrected chi connectivity index (χ0v) is 14.4. The van der Waals surface area contributed by atoms with E-state index in [9.17, 15) is 4.79 Å². The molecule has 0 radical (unpaired) electrons. The van der Waals surface area contributed by atoms with E-state index in [1.807, 2.05) is 16.8 Å². The molecule has 1 aromatic rings. The average molecular weight is 358 g/mol. The summed E-state index contributed by atoms with van der Waals surface area (Å²) in [5, 5.41) is 3.09. The first-order valence-corrected chi connectivity index (χ1v) is 8.36. The van der Waals surface area contributed by atoms with Gasteiger partial charge in [0.1, 0.15) is 5.69 Å². The molecule has 0 aliphatic carbocycles. The van der Waals surface area contributed by atoms with Gasteiger partial charge >= 0.3 is 0 Å². The van der Waals surface area contributed by atoms with E-state index in [2.05, 4.69) is 40.0 Å². The van der Waals surface area contributed by atoms with E-state index < -0.39 is 0 Å². The summed E-state index contributed by atoms with van der Waals surface area (Å²) in [6, 6.07) is 2.01. The van der Waals surface area contributed by atoms with Crippen LogP contribution in [0.3, 0.4) is 0 Å². The minimum absolute atomic E-state index is 0.00471. The van der Waals surface area contributed by atoms with E-state index in [0.29, 0.717) is 0 Å². The molecule has 1 aromatic heterocycles. The fraction of sp³-hybridized carbons (Fsp3) is 0.667. The number of ether oxygens (including phenoxy) is 1. The van der Waals surface area contributed by atoms with Crippen molar-refractivity contribution < 1.29 is 9.53 Å². The second-order valence-corrected chi connectivity index (χ2v) is 6.44. The minimum atomic E-state index is -0.00471. The lowest BCUT2D eigenvalue weighted by atomic mass is 10.2. The van der Waals surface area contributed by atoms with E-state index in [1.54, 1.807) is 0 Å². The van der Waals surface area contributed by atoms with Crippen molar-refractivity contribution in [3.05, 3.63) is 22.4 Å². The average Bonchev–Trinajstić information content (AvgIpc) is 2.81. The van der Waals surface area contributed by atoms with Crippen molar-refractivity contribution in [1.82, 2.24) is 14.8 Å². The van der Waals surface area contributed by atoms with Crippen molar-refractivity contribution >= 4 is 21.8 Å². The van der Waals surface area contributed by atoms with Gasteiger partial charge in [0, 0.05) is 42.9 Å². The van der Waals surface area contributed by atoms with Crippen LogP contribution in [0.4, 0.5) is 0 Å². The van der Waals surface area contributed by atoms with E-state index in [-0.39, 0.29) is 11.9 Å². The fourth-order valence-corrected chi connectivity index (χ4v) is 3.07. The van der Waals surface area contributed by atoms with Crippen LogP contribution in [0.25, 0.3) is 0 Å². The number of hydrogen-bond acceptors (Lipinski definition) is 3. The van der Waals surface area contributed by atoms with Gasteiger partial charge in [0.2, 0.25) is 0 Å². The van der Waals surface area contributed by atoms with Crippen LogP contribution in [0, 0.1) is 0 Å². The number of nitrogens with one attached hydrogen (secondary N) is 1. The fourth-order valence-electron chi connectivity index (χ4n) is 2.61. The molecule has 1 N–H and O–H groups in total. The van der Waals surface area contributed by atoms with Gasteiger partial charge in [-0.3, -0.25) is 9.69 Å². The Bertz CT molecular complexity index is 469. The Balaban J connectivity index is 1.90. The lowest BCUT2D eigenvalue weighted by molar-refractivity contribution is 0.0342. The molecule has 1 fully saturated rings. The number of carbonyl (C=O) groups excluding carboxylic acids is 1. The summed E-state index contributed by atoms with van der Waals surface area (Å²) >= 11 is 3.44. The Morgan fingerprint density at radius 2 is 2.19 bits per heavy atom. The molecule has 1 aliphatic rings. The molecule has 1 aliphatic heterocycles. The third-order valence-corrected chi connectivity index (χ3v) is 4.01. The summed E-state index contributed by atoms with van der Waals surface area (Å²) in [5.41, 5.74) is 0.720. The number of carbonyl (C=O) groups is 1. The summed E-state index contributed by atoms with van der Waals surface area (Å²) in [4.78, 5) is 14.7. The van der Waals surface area contributed by atoms with Crippen LogP contribution in [0.1, 0.15) is 30.8 Å². The SMILES string of the molecule is CCCn1cc(Br)cc1C(=O)NC(C)CN1CCOCC1. The van der Waals surface area contributed by atoms with E-state index in [4.69, 9.17) is 4.74 Å². The molecule has 2 rings (SSSR count). The molecule has 6 heteroatoms. The largest absolute Gasteiger partial charge is 0.379 e. The third-order valence-electron chi connectivity index (χ3n) is 3.57. The second-order valence-electron chi connectivity index (χ2n) is 5.52. The van der Waals surface area contributed by atoms with E-state index >= 15 is 0 Å². The number of amides is 1. The van der Waals surface area contributed by atoms with Crippen LogP contribution in [0.5, 0.6) is 0 Å². The van der Waals surface area contributed by atoms with Gasteiger partial charge in [-0.15, -0.1) is 0 Å². The molecule has 0 aromatic carbocycles. The Morgan fingerprint density at radius 3 is 2.86 bits per heavy atom. The highest BCUT2D eigenvalue weighted by molar-refractivity contribution is 9.10. The van der Waals surface area contributed by atoms with Crippen LogP contribution in [0.2, 0.25) is 0 Å². The number of morpholine rings is 1. The standard InChI is InChI=1S/C15H24BrN3O2/c1-3-4-19-11-13(16)9-14(19)15(20)17-12(2)10-18-5-7-21-8-6-18/h9,11-12H,3-8,10H2,1-2H3,(H,17,20). The van der Waals surface area contributed by atoms with Crippen LogP contribution >= 0.6 is 15.9 Å². The molecule has 118 valence electrons. The zero-order chi connectivity index (χ0) is 15.2. The number of hydrogen-bond donors (Lipinski definition) is 1. The van der Waals surface area contributed by atoms with Gasteiger partial charge in [0.05, 0.1) is 13.2 Å². The van der Waals surface area contributed by atoms with Crippen molar-refractivity contribution in [3.8, 4) is 0 Å². The van der Waals surface area contributed by atoms with Gasteiger partial charge in [-0.2, -0.15) is 0 Å². The second kappa shape index (κ2) is 7.96. The maximum Gasteiger partial charge on any atom is 0.268 e. The number of rotatable bonds is 6. The summed E-state index contributed by atoms with van der Waals surface area (Å²) in [7, 11) is 0. The van der Waals surface area contributed by atoms with Crippen molar-refractivity contribution in [2.75, 3.05) is 32.8 Å². The highest BCUT2D eigenvalue weighted by Crippen LogP contribution is 2.15. The van der Waals surface area contributed by atoms with E-state index in [0.717, 1.165) is 56.0 Å². The molecule has 2 heterocycles. The first kappa shape index (κ1) is 16.5. The van der Waals surface area contributed by atoms with Gasteiger partial charge in [-0.05, 0) is 35.3 Å². The minimum Gasteiger partial charge on any atom is -0.379 e. The molecule has 0 bridgehead atoms. The Hall–Kier alpha value is -0.850. The van der Waals surface area contributed by atoms with Gasteiger partial charge in [-0.1, -0.05) is 6.92 Å². The topological polar surface area (TPSA) is 46.5 Å². The molecule has 0 saturated carbocycles. The lowest BCUT2D eigenvalue weighted by Gasteiger charge is -2.29. The van der Waals surface area contributed by atoms with Gasteiger partial charge < -0.3 is 14.6 Å². The Kier molecular flexibility index (Phi) is 6.26. The van der Waals surface area contributed by atoms with Crippen molar-refractivity contribution in [2.45, 2.75) is 32.9 Å².